The van der Waals surface area contributed by atoms with Gasteiger partial charge in [0.15, 0.2) is 0 Å². The van der Waals surface area contributed by atoms with Gasteiger partial charge >= 0.3 is 0 Å². The number of carbonyl (C=O) groups excluding carboxylic acids is 1. The van der Waals surface area contributed by atoms with Crippen LogP contribution >= 0.6 is 0 Å². The normalized spacial score (nSPS) is 10.5. The summed E-state index contributed by atoms with van der Waals surface area (Å²) in [6, 6.07) is 8.12. The maximum absolute atomic E-state index is 11.9. The number of hydrogen-bond donors (Lipinski definition) is 1. The highest BCUT2D eigenvalue weighted by Crippen LogP contribution is 2.18. The third-order valence-corrected chi connectivity index (χ3v) is 3.77. The molecule has 0 aliphatic rings. The second-order valence-electron chi connectivity index (χ2n) is 5.58. The average Bonchev–Trinajstić information content (AvgIpc) is 2.55. The molecule has 0 fully saturated rings. The number of amides is 1. The number of nitrogens with zero attached hydrogens (tertiary/aromatic N) is 1. The van der Waals surface area contributed by atoms with Crippen molar-refractivity contribution < 1.29 is 9.53 Å². The van der Waals surface area contributed by atoms with E-state index in [-0.39, 0.29) is 5.91 Å². The summed E-state index contributed by atoms with van der Waals surface area (Å²) in [6.45, 7) is 4.21. The zero-order valence-electron chi connectivity index (χ0n) is 14.0. The van der Waals surface area contributed by atoms with Crippen molar-refractivity contribution in [2.45, 2.75) is 45.4 Å². The van der Waals surface area contributed by atoms with Crippen LogP contribution in [0.3, 0.4) is 0 Å². The smallest absolute Gasteiger partial charge is 0.222 e. The van der Waals surface area contributed by atoms with Crippen LogP contribution in [0.15, 0.2) is 24.3 Å². The summed E-state index contributed by atoms with van der Waals surface area (Å²) in [6.07, 6.45) is 5.41. The summed E-state index contributed by atoms with van der Waals surface area (Å²) in [4.78, 5) is 13.7. The fourth-order valence-electron chi connectivity index (χ4n) is 2.33. The second kappa shape index (κ2) is 11.1. The molecule has 124 valence electrons. The van der Waals surface area contributed by atoms with E-state index in [1.165, 1.54) is 5.56 Å². The highest BCUT2D eigenvalue weighted by molar-refractivity contribution is 5.75. The Labute approximate surface area is 134 Å². The monoisotopic (exact) mass is 306 g/mol. The molecular formula is C18H30N2O2. The lowest BCUT2D eigenvalue weighted by atomic mass is 10.1. The zero-order chi connectivity index (χ0) is 16.2. The molecule has 22 heavy (non-hydrogen) atoms. The fraction of sp³-hybridized carbons (Fsp3) is 0.611. The molecule has 4 heteroatoms. The minimum Gasteiger partial charge on any atom is -0.493 e. The number of hydrogen-bond acceptors (Lipinski definition) is 3. The molecule has 0 unspecified atom stereocenters. The first kappa shape index (κ1) is 18.5. The second-order valence-corrected chi connectivity index (χ2v) is 5.58. The van der Waals surface area contributed by atoms with Gasteiger partial charge in [0.1, 0.15) is 5.75 Å². The van der Waals surface area contributed by atoms with Crippen molar-refractivity contribution in [3.05, 3.63) is 29.8 Å². The van der Waals surface area contributed by atoms with Gasteiger partial charge in [0.2, 0.25) is 5.91 Å². The molecule has 0 saturated heterocycles. The van der Waals surface area contributed by atoms with E-state index in [0.717, 1.165) is 44.4 Å². The van der Waals surface area contributed by atoms with Crippen LogP contribution in [0.5, 0.6) is 5.75 Å². The number of ether oxygens (including phenoxy) is 1. The first-order valence-electron chi connectivity index (χ1n) is 8.33. The topological polar surface area (TPSA) is 55.6 Å². The van der Waals surface area contributed by atoms with Crippen molar-refractivity contribution >= 4 is 5.91 Å². The molecule has 0 spiro atoms. The molecule has 0 saturated carbocycles. The molecule has 0 aliphatic carbocycles. The molecule has 1 aromatic rings. The first-order valence-corrected chi connectivity index (χ1v) is 8.33. The molecule has 1 rings (SSSR count). The average molecular weight is 306 g/mol. The van der Waals surface area contributed by atoms with E-state index >= 15 is 0 Å². The van der Waals surface area contributed by atoms with Gasteiger partial charge in [-0.05, 0) is 43.9 Å². The molecule has 2 N–H and O–H groups in total. The van der Waals surface area contributed by atoms with E-state index in [2.05, 4.69) is 13.0 Å². The Morgan fingerprint density at radius 1 is 1.18 bits per heavy atom. The van der Waals surface area contributed by atoms with Crippen LogP contribution in [0.1, 0.15) is 44.6 Å². The van der Waals surface area contributed by atoms with Crippen LogP contribution < -0.4 is 10.5 Å². The van der Waals surface area contributed by atoms with Crippen LogP contribution in [-0.4, -0.2) is 37.6 Å². The third kappa shape index (κ3) is 6.94. The van der Waals surface area contributed by atoms with Gasteiger partial charge in [-0.2, -0.15) is 0 Å². The molecule has 4 nitrogen and oxygen atoms in total. The molecule has 0 heterocycles. The van der Waals surface area contributed by atoms with E-state index in [4.69, 9.17) is 10.5 Å². The minimum absolute atomic E-state index is 0.214. The van der Waals surface area contributed by atoms with Crippen molar-refractivity contribution in [2.24, 2.45) is 5.73 Å². The van der Waals surface area contributed by atoms with Gasteiger partial charge in [-0.3, -0.25) is 4.79 Å². The van der Waals surface area contributed by atoms with Gasteiger partial charge in [-0.15, -0.1) is 0 Å². The van der Waals surface area contributed by atoms with Crippen LogP contribution in [0.2, 0.25) is 0 Å². The van der Waals surface area contributed by atoms with Gasteiger partial charge in [0.25, 0.3) is 0 Å². The van der Waals surface area contributed by atoms with Crippen molar-refractivity contribution in [2.75, 3.05) is 26.7 Å². The highest BCUT2D eigenvalue weighted by atomic mass is 16.5. The number of benzene rings is 1. The zero-order valence-corrected chi connectivity index (χ0v) is 14.0. The maximum Gasteiger partial charge on any atom is 0.222 e. The van der Waals surface area contributed by atoms with E-state index < -0.39 is 0 Å². The molecule has 0 aromatic heterocycles. The lowest BCUT2D eigenvalue weighted by Gasteiger charge is -2.17. The number of para-hydroxylation sites is 1. The van der Waals surface area contributed by atoms with Crippen LogP contribution in [-0.2, 0) is 11.2 Å². The van der Waals surface area contributed by atoms with Gasteiger partial charge in [0.05, 0.1) is 6.61 Å². The molecular weight excluding hydrogens is 276 g/mol. The van der Waals surface area contributed by atoms with Gasteiger partial charge < -0.3 is 15.4 Å². The Bertz CT molecular complexity index is 435. The quantitative estimate of drug-likeness (QED) is 0.639. The highest BCUT2D eigenvalue weighted by Gasteiger charge is 2.08. The summed E-state index contributed by atoms with van der Waals surface area (Å²) in [5.74, 6) is 1.17. The Morgan fingerprint density at radius 3 is 2.68 bits per heavy atom. The minimum atomic E-state index is 0.214. The Morgan fingerprint density at radius 2 is 1.95 bits per heavy atom. The first-order chi connectivity index (χ1) is 10.7. The van der Waals surface area contributed by atoms with Crippen molar-refractivity contribution in [3.63, 3.8) is 0 Å². The summed E-state index contributed by atoms with van der Waals surface area (Å²) in [7, 11) is 1.87. The summed E-state index contributed by atoms with van der Waals surface area (Å²) < 4.78 is 5.82. The van der Waals surface area contributed by atoms with Crippen molar-refractivity contribution in [1.82, 2.24) is 4.90 Å². The van der Waals surface area contributed by atoms with Gasteiger partial charge in [-0.1, -0.05) is 31.5 Å². The van der Waals surface area contributed by atoms with Crippen LogP contribution in [0.25, 0.3) is 0 Å². The number of aryl methyl sites for hydroxylation is 1. The predicted octanol–water partition coefficient (Wildman–Crippen LogP) is 3.00. The van der Waals surface area contributed by atoms with E-state index in [1.54, 1.807) is 4.90 Å². The maximum atomic E-state index is 11.9. The molecule has 0 aliphatic heterocycles. The van der Waals surface area contributed by atoms with Crippen LogP contribution in [0, 0.1) is 0 Å². The molecule has 0 atom stereocenters. The number of nitrogens with two attached hydrogens (primary N) is 1. The molecule has 1 amide bonds. The lowest BCUT2D eigenvalue weighted by molar-refractivity contribution is -0.130. The predicted molar refractivity (Wildman–Crippen MR) is 91.1 cm³/mol. The standard InChI is InChI=1S/C18H30N2O2/c1-3-16-10-6-7-11-17(16)22-15-9-14-20(2)18(21)12-5-4-8-13-19/h6-7,10-11H,3-5,8-9,12-15,19H2,1-2H3. The molecule has 0 bridgehead atoms. The summed E-state index contributed by atoms with van der Waals surface area (Å²) in [5, 5.41) is 0. The van der Waals surface area contributed by atoms with Crippen LogP contribution in [0.4, 0.5) is 0 Å². The van der Waals surface area contributed by atoms with Crippen molar-refractivity contribution in [1.29, 1.82) is 0 Å². The van der Waals surface area contributed by atoms with E-state index in [0.29, 0.717) is 19.6 Å². The Balaban J connectivity index is 2.19. The molecule has 0 radical (unpaired) electrons. The summed E-state index contributed by atoms with van der Waals surface area (Å²) >= 11 is 0. The van der Waals surface area contributed by atoms with Gasteiger partial charge in [-0.25, -0.2) is 0 Å². The van der Waals surface area contributed by atoms with Crippen molar-refractivity contribution in [3.8, 4) is 5.75 Å². The SMILES string of the molecule is CCc1ccccc1OCCCN(C)C(=O)CCCCCN. The Hall–Kier alpha value is -1.55. The fourth-order valence-corrected chi connectivity index (χ4v) is 2.33. The number of carbonyl (C=O) groups is 1. The third-order valence-electron chi connectivity index (χ3n) is 3.77. The largest absolute Gasteiger partial charge is 0.493 e. The Kier molecular flexibility index (Phi) is 9.31. The number of rotatable bonds is 11. The van der Waals surface area contributed by atoms with E-state index in [1.807, 2.05) is 25.2 Å². The van der Waals surface area contributed by atoms with E-state index in [9.17, 15) is 4.79 Å². The molecule has 1 aromatic carbocycles. The number of unbranched alkanes of at least 4 members (excludes halogenated alkanes) is 2. The van der Waals surface area contributed by atoms with Gasteiger partial charge in [0, 0.05) is 20.0 Å². The summed E-state index contributed by atoms with van der Waals surface area (Å²) in [5.41, 5.74) is 6.67. The lowest BCUT2D eigenvalue weighted by Crippen LogP contribution is -2.28.